The van der Waals surface area contributed by atoms with Gasteiger partial charge in [0.1, 0.15) is 5.69 Å². The number of aromatic amines is 1. The highest BCUT2D eigenvalue weighted by Gasteiger charge is 2.38. The highest BCUT2D eigenvalue weighted by molar-refractivity contribution is 5.94. The molecule has 0 bridgehead atoms. The minimum absolute atomic E-state index is 0.102. The molecule has 0 radical (unpaired) electrons. The van der Waals surface area contributed by atoms with Gasteiger partial charge in [0, 0.05) is 28.8 Å². The van der Waals surface area contributed by atoms with Crippen molar-refractivity contribution in [2.24, 2.45) is 11.7 Å². The van der Waals surface area contributed by atoms with Crippen LogP contribution in [-0.4, -0.2) is 51.0 Å². The van der Waals surface area contributed by atoms with Gasteiger partial charge < -0.3 is 34.8 Å². The van der Waals surface area contributed by atoms with Crippen LogP contribution in [0.25, 0.3) is 11.1 Å². The molecule has 2 aromatic rings. The number of nitrogens with two attached hydrogens (primary N) is 1. The van der Waals surface area contributed by atoms with Gasteiger partial charge in [-0.2, -0.15) is 0 Å². The Morgan fingerprint density at radius 1 is 1.17 bits per heavy atom. The average Bonchev–Trinajstić information content (AvgIpc) is 3.53. The van der Waals surface area contributed by atoms with Crippen LogP contribution in [0.1, 0.15) is 40.7 Å². The largest absolute Gasteiger partial charge is 0.493 e. The first-order valence-electron chi connectivity index (χ1n) is 9.52. The van der Waals surface area contributed by atoms with Crippen LogP contribution < -0.4 is 19.9 Å². The first-order valence-corrected chi connectivity index (χ1v) is 9.52. The van der Waals surface area contributed by atoms with Crippen LogP contribution in [0.15, 0.2) is 12.1 Å². The lowest BCUT2D eigenvalue weighted by molar-refractivity contribution is 0.0585. The second kappa shape index (κ2) is 8.75. The Labute approximate surface area is 169 Å². The number of nitrogens with one attached hydrogen (secondary N) is 1. The summed E-state index contributed by atoms with van der Waals surface area (Å²) >= 11 is 0. The normalized spacial score (nSPS) is 14.4. The molecule has 1 unspecified atom stereocenters. The smallest absolute Gasteiger partial charge is 0.354 e. The van der Waals surface area contributed by atoms with Crippen LogP contribution in [0.3, 0.4) is 0 Å². The summed E-state index contributed by atoms with van der Waals surface area (Å²) in [5, 5.41) is 11.0. The number of hydrogen-bond acceptors (Lipinski definition) is 7. The lowest BCUT2D eigenvalue weighted by Crippen LogP contribution is -2.10. The summed E-state index contributed by atoms with van der Waals surface area (Å²) in [5.74, 6) is 0.957. The maximum absolute atomic E-state index is 12.5. The SMILES string of the molecule is COC(=O)c1[nH]c(CCN)c(-c2ccc(OC)c(OC)c2OC)c1C(O)C1CC1. The molecule has 3 rings (SSSR count). The van der Waals surface area contributed by atoms with E-state index in [0.717, 1.165) is 18.5 Å². The van der Waals surface area contributed by atoms with Crippen molar-refractivity contribution in [2.45, 2.75) is 25.4 Å². The zero-order chi connectivity index (χ0) is 21.1. The number of esters is 1. The number of methoxy groups -OCH3 is 4. The van der Waals surface area contributed by atoms with Crippen LogP contribution in [0.5, 0.6) is 17.2 Å². The average molecular weight is 404 g/mol. The van der Waals surface area contributed by atoms with Gasteiger partial charge in [-0.3, -0.25) is 0 Å². The summed E-state index contributed by atoms with van der Waals surface area (Å²) in [6.45, 7) is 0.364. The van der Waals surface area contributed by atoms with Crippen LogP contribution >= 0.6 is 0 Å². The molecule has 158 valence electrons. The third kappa shape index (κ3) is 3.77. The van der Waals surface area contributed by atoms with E-state index in [-0.39, 0.29) is 11.6 Å². The van der Waals surface area contributed by atoms with E-state index >= 15 is 0 Å². The Balaban J connectivity index is 2.33. The lowest BCUT2D eigenvalue weighted by atomic mass is 9.92. The van der Waals surface area contributed by atoms with Crippen LogP contribution in [-0.2, 0) is 11.2 Å². The molecule has 1 aromatic carbocycles. The van der Waals surface area contributed by atoms with Crippen molar-refractivity contribution < 1.29 is 28.8 Å². The number of aliphatic hydroxyl groups excluding tert-OH is 1. The summed E-state index contributed by atoms with van der Waals surface area (Å²) in [4.78, 5) is 15.6. The molecule has 0 amide bonds. The standard InChI is InChI=1S/C21H28N2O6/c1-26-14-8-7-12(19(27-2)20(14)28-3)15-13(9-10-22)23-17(21(25)29-4)16(15)18(24)11-5-6-11/h7-8,11,18,23-24H,5-6,9-10,22H2,1-4H3. The fraction of sp³-hybridized carbons (Fsp3) is 0.476. The van der Waals surface area contributed by atoms with Gasteiger partial charge in [-0.05, 0) is 37.4 Å². The van der Waals surface area contributed by atoms with E-state index in [1.807, 2.05) is 6.07 Å². The molecule has 1 aromatic heterocycles. The molecule has 8 nitrogen and oxygen atoms in total. The van der Waals surface area contributed by atoms with E-state index in [1.54, 1.807) is 13.2 Å². The molecule has 0 aliphatic heterocycles. The topological polar surface area (TPSA) is 116 Å². The van der Waals surface area contributed by atoms with Crippen molar-refractivity contribution in [3.63, 3.8) is 0 Å². The van der Waals surface area contributed by atoms with Crippen LogP contribution in [0.4, 0.5) is 0 Å². The number of rotatable bonds is 9. The number of H-pyrrole nitrogens is 1. The Kier molecular flexibility index (Phi) is 6.34. The molecule has 8 heteroatoms. The molecular weight excluding hydrogens is 376 g/mol. The number of carbonyl (C=O) groups excluding carboxylic acids is 1. The van der Waals surface area contributed by atoms with Crippen molar-refractivity contribution in [1.82, 2.24) is 4.98 Å². The third-order valence-electron chi connectivity index (χ3n) is 5.24. The predicted molar refractivity (Wildman–Crippen MR) is 108 cm³/mol. The van der Waals surface area contributed by atoms with Crippen molar-refractivity contribution in [1.29, 1.82) is 0 Å². The van der Waals surface area contributed by atoms with Gasteiger partial charge in [0.2, 0.25) is 5.75 Å². The third-order valence-corrected chi connectivity index (χ3v) is 5.24. The summed E-state index contributed by atoms with van der Waals surface area (Å²) in [5.41, 5.74) is 8.66. The Bertz CT molecular complexity index is 888. The number of aromatic nitrogens is 1. The number of aliphatic hydroxyl groups is 1. The Morgan fingerprint density at radius 2 is 1.86 bits per heavy atom. The number of hydrogen-bond donors (Lipinski definition) is 3. The Morgan fingerprint density at radius 3 is 2.38 bits per heavy atom. The van der Waals surface area contributed by atoms with E-state index in [4.69, 9.17) is 24.7 Å². The van der Waals surface area contributed by atoms with Crippen molar-refractivity contribution >= 4 is 5.97 Å². The second-order valence-electron chi connectivity index (χ2n) is 6.96. The van der Waals surface area contributed by atoms with Gasteiger partial charge in [0.25, 0.3) is 0 Å². The fourth-order valence-electron chi connectivity index (χ4n) is 3.71. The van der Waals surface area contributed by atoms with Gasteiger partial charge in [-0.15, -0.1) is 0 Å². The van der Waals surface area contributed by atoms with E-state index in [0.29, 0.717) is 46.9 Å². The van der Waals surface area contributed by atoms with E-state index < -0.39 is 12.1 Å². The molecule has 1 fully saturated rings. The maximum atomic E-state index is 12.5. The molecule has 1 aliphatic rings. The highest BCUT2D eigenvalue weighted by Crippen LogP contribution is 2.50. The quantitative estimate of drug-likeness (QED) is 0.550. The number of benzene rings is 1. The van der Waals surface area contributed by atoms with Gasteiger partial charge in [0.05, 0.1) is 34.5 Å². The summed E-state index contributed by atoms with van der Waals surface area (Å²) in [6, 6.07) is 3.59. The monoisotopic (exact) mass is 404 g/mol. The molecule has 29 heavy (non-hydrogen) atoms. The predicted octanol–water partition coefficient (Wildman–Crippen LogP) is 2.44. The summed E-state index contributed by atoms with van der Waals surface area (Å²) in [7, 11) is 5.93. The molecule has 0 spiro atoms. The van der Waals surface area contributed by atoms with Gasteiger partial charge >= 0.3 is 5.97 Å². The lowest BCUT2D eigenvalue weighted by Gasteiger charge is -2.19. The summed E-state index contributed by atoms with van der Waals surface area (Å²) in [6.07, 6.45) is 1.48. The fourth-order valence-corrected chi connectivity index (χ4v) is 3.71. The second-order valence-corrected chi connectivity index (χ2v) is 6.96. The molecular formula is C21H28N2O6. The minimum Gasteiger partial charge on any atom is -0.493 e. The number of carbonyl (C=O) groups is 1. The maximum Gasteiger partial charge on any atom is 0.354 e. The highest BCUT2D eigenvalue weighted by atomic mass is 16.5. The minimum atomic E-state index is -0.806. The Hall–Kier alpha value is -2.71. The van der Waals surface area contributed by atoms with E-state index in [2.05, 4.69) is 4.98 Å². The first-order chi connectivity index (χ1) is 14.0. The molecule has 0 saturated heterocycles. The van der Waals surface area contributed by atoms with Gasteiger partial charge in [-0.1, -0.05) is 0 Å². The van der Waals surface area contributed by atoms with Crippen molar-refractivity contribution in [3.05, 3.63) is 29.1 Å². The molecule has 1 saturated carbocycles. The zero-order valence-electron chi connectivity index (χ0n) is 17.2. The van der Waals surface area contributed by atoms with Crippen LogP contribution in [0.2, 0.25) is 0 Å². The summed E-state index contributed by atoms with van der Waals surface area (Å²) < 4.78 is 21.5. The van der Waals surface area contributed by atoms with E-state index in [9.17, 15) is 9.90 Å². The molecule has 1 aliphatic carbocycles. The van der Waals surface area contributed by atoms with Crippen LogP contribution in [0, 0.1) is 5.92 Å². The van der Waals surface area contributed by atoms with Crippen molar-refractivity contribution in [2.75, 3.05) is 35.0 Å². The van der Waals surface area contributed by atoms with Gasteiger partial charge in [-0.25, -0.2) is 4.79 Å². The molecule has 1 heterocycles. The van der Waals surface area contributed by atoms with Gasteiger partial charge in [0.15, 0.2) is 11.5 Å². The van der Waals surface area contributed by atoms with E-state index in [1.165, 1.54) is 21.3 Å². The number of ether oxygens (including phenoxy) is 4. The zero-order valence-corrected chi connectivity index (χ0v) is 17.2. The van der Waals surface area contributed by atoms with Crippen molar-refractivity contribution in [3.8, 4) is 28.4 Å². The first kappa shape index (κ1) is 21.0. The molecule has 1 atom stereocenters. The molecule has 4 N–H and O–H groups in total.